The summed E-state index contributed by atoms with van der Waals surface area (Å²) in [5.41, 5.74) is 0. The average molecular weight is 347 g/mol. The Hall–Kier alpha value is -1.47. The minimum Gasteiger partial charge on any atom is -0.378 e. The molecule has 2 aliphatic heterocycles. The van der Waals surface area contributed by atoms with Gasteiger partial charge in [-0.1, -0.05) is 11.2 Å². The van der Waals surface area contributed by atoms with E-state index in [1.54, 1.807) is 11.3 Å². The molecule has 4 rings (SSSR count). The van der Waals surface area contributed by atoms with Gasteiger partial charge in [-0.15, -0.1) is 11.3 Å². The Labute approximate surface area is 146 Å². The molecule has 1 atom stereocenters. The van der Waals surface area contributed by atoms with Gasteiger partial charge in [-0.05, 0) is 59.9 Å². The number of hydrogen-bond acceptors (Lipinski definition) is 6. The quantitative estimate of drug-likeness (QED) is 0.832. The predicted molar refractivity (Wildman–Crippen MR) is 94.4 cm³/mol. The van der Waals surface area contributed by atoms with Gasteiger partial charge in [-0.3, -0.25) is 0 Å². The highest BCUT2D eigenvalue weighted by Gasteiger charge is 2.30. The van der Waals surface area contributed by atoms with E-state index in [-0.39, 0.29) is 0 Å². The summed E-state index contributed by atoms with van der Waals surface area (Å²) in [7, 11) is 0. The van der Waals surface area contributed by atoms with Crippen molar-refractivity contribution in [2.24, 2.45) is 5.92 Å². The molecular formula is C17H25N5OS. The van der Waals surface area contributed by atoms with E-state index in [1.165, 1.54) is 37.0 Å². The van der Waals surface area contributed by atoms with Crippen molar-refractivity contribution in [3.63, 3.8) is 0 Å². The normalized spacial score (nSPS) is 22.8. The zero-order valence-corrected chi connectivity index (χ0v) is 14.8. The van der Waals surface area contributed by atoms with E-state index >= 15 is 0 Å². The van der Waals surface area contributed by atoms with Gasteiger partial charge in [0.2, 0.25) is 5.95 Å². The lowest BCUT2D eigenvalue weighted by molar-refractivity contribution is -0.0270. The van der Waals surface area contributed by atoms with Gasteiger partial charge < -0.3 is 9.64 Å². The number of ether oxygens (including phenoxy) is 1. The fraction of sp³-hybridized carbons (Fsp3) is 0.706. The van der Waals surface area contributed by atoms with Crippen LogP contribution in [0.4, 0.5) is 5.95 Å². The topological polar surface area (TPSA) is 56.1 Å². The lowest BCUT2D eigenvalue weighted by atomic mass is 9.87. The first kappa shape index (κ1) is 16.0. The summed E-state index contributed by atoms with van der Waals surface area (Å²) in [6.45, 7) is 3.86. The molecule has 0 spiro atoms. The first-order valence-electron chi connectivity index (χ1n) is 9.05. The standard InChI is InChI=1S/C17H25N5OS/c1-2-12-23-16(5-1)14-6-9-21(10-7-14)17-18-19-20-22(17)11-8-15-4-3-13-24-15/h3-4,13-14,16H,1-2,5-12H2. The van der Waals surface area contributed by atoms with Crippen LogP contribution in [-0.2, 0) is 17.7 Å². The highest BCUT2D eigenvalue weighted by atomic mass is 32.1. The highest BCUT2D eigenvalue weighted by Crippen LogP contribution is 2.29. The lowest BCUT2D eigenvalue weighted by Crippen LogP contribution is -2.40. The summed E-state index contributed by atoms with van der Waals surface area (Å²) in [6.07, 6.45) is 7.63. The predicted octanol–water partition coefficient (Wildman–Crippen LogP) is 2.76. The summed E-state index contributed by atoms with van der Waals surface area (Å²) in [4.78, 5) is 3.72. The first-order chi connectivity index (χ1) is 11.9. The summed E-state index contributed by atoms with van der Waals surface area (Å²) < 4.78 is 7.94. The molecule has 2 fully saturated rings. The largest absolute Gasteiger partial charge is 0.378 e. The van der Waals surface area contributed by atoms with Crippen molar-refractivity contribution < 1.29 is 4.74 Å². The summed E-state index contributed by atoms with van der Waals surface area (Å²) in [5.74, 6) is 1.63. The monoisotopic (exact) mass is 347 g/mol. The van der Waals surface area contributed by atoms with E-state index in [1.807, 2.05) is 4.68 Å². The van der Waals surface area contributed by atoms with Crippen molar-refractivity contribution in [2.45, 2.75) is 51.2 Å². The van der Waals surface area contributed by atoms with Gasteiger partial charge in [0.15, 0.2) is 0 Å². The molecule has 24 heavy (non-hydrogen) atoms. The van der Waals surface area contributed by atoms with Crippen LogP contribution in [0.5, 0.6) is 0 Å². The molecular weight excluding hydrogens is 322 g/mol. The molecule has 4 heterocycles. The van der Waals surface area contributed by atoms with Crippen LogP contribution < -0.4 is 4.90 Å². The third-order valence-corrected chi connectivity index (χ3v) is 6.16. The third-order valence-electron chi connectivity index (χ3n) is 5.23. The van der Waals surface area contributed by atoms with Gasteiger partial charge >= 0.3 is 0 Å². The fourth-order valence-electron chi connectivity index (χ4n) is 3.85. The molecule has 0 N–H and O–H groups in total. The van der Waals surface area contributed by atoms with Crippen LogP contribution in [0.15, 0.2) is 17.5 Å². The van der Waals surface area contributed by atoms with E-state index < -0.39 is 0 Å². The van der Waals surface area contributed by atoms with Crippen molar-refractivity contribution in [1.82, 2.24) is 20.2 Å². The van der Waals surface area contributed by atoms with Crippen molar-refractivity contribution in [3.8, 4) is 0 Å². The van der Waals surface area contributed by atoms with Crippen LogP contribution in [0, 0.1) is 5.92 Å². The Bertz CT molecular complexity index is 615. The van der Waals surface area contributed by atoms with Crippen LogP contribution in [-0.4, -0.2) is 46.0 Å². The van der Waals surface area contributed by atoms with Crippen molar-refractivity contribution in [2.75, 3.05) is 24.6 Å². The zero-order valence-electron chi connectivity index (χ0n) is 14.0. The van der Waals surface area contributed by atoms with E-state index in [0.29, 0.717) is 12.0 Å². The first-order valence-corrected chi connectivity index (χ1v) is 9.93. The third kappa shape index (κ3) is 3.62. The molecule has 2 saturated heterocycles. The van der Waals surface area contributed by atoms with Gasteiger partial charge in [0.05, 0.1) is 12.6 Å². The van der Waals surface area contributed by atoms with Gasteiger partial charge in [-0.2, -0.15) is 0 Å². The maximum atomic E-state index is 5.98. The van der Waals surface area contributed by atoms with Gasteiger partial charge in [0, 0.05) is 31.0 Å². The minimum atomic E-state index is 0.482. The van der Waals surface area contributed by atoms with Crippen LogP contribution in [0.2, 0.25) is 0 Å². The van der Waals surface area contributed by atoms with E-state index in [2.05, 4.69) is 37.9 Å². The summed E-state index contributed by atoms with van der Waals surface area (Å²) >= 11 is 1.79. The van der Waals surface area contributed by atoms with Crippen LogP contribution in [0.3, 0.4) is 0 Å². The number of piperidine rings is 1. The SMILES string of the molecule is c1csc(CCn2nnnc2N2CCC(C3CCCCO3)CC2)c1. The second-order valence-corrected chi connectivity index (χ2v) is 7.79. The number of tetrazole rings is 1. The number of nitrogens with zero attached hydrogens (tertiary/aromatic N) is 5. The number of thiophene rings is 1. The minimum absolute atomic E-state index is 0.482. The Morgan fingerprint density at radius 1 is 1.21 bits per heavy atom. The summed E-state index contributed by atoms with van der Waals surface area (Å²) in [5, 5.41) is 14.5. The number of aryl methyl sites for hydroxylation is 2. The second kappa shape index (κ2) is 7.61. The Balaban J connectivity index is 1.33. The van der Waals surface area contributed by atoms with Crippen LogP contribution in [0.25, 0.3) is 0 Å². The second-order valence-electron chi connectivity index (χ2n) is 6.76. The van der Waals surface area contributed by atoms with E-state index in [4.69, 9.17) is 4.74 Å². The van der Waals surface area contributed by atoms with Gasteiger partial charge in [0.1, 0.15) is 0 Å². The Kier molecular flexibility index (Phi) is 5.08. The molecule has 130 valence electrons. The van der Waals surface area contributed by atoms with Crippen LogP contribution >= 0.6 is 11.3 Å². The maximum absolute atomic E-state index is 5.98. The number of anilines is 1. The Morgan fingerprint density at radius 3 is 2.88 bits per heavy atom. The number of aromatic nitrogens is 4. The number of hydrogen-bond donors (Lipinski definition) is 0. The molecule has 1 unspecified atom stereocenters. The summed E-state index contributed by atoms with van der Waals surface area (Å²) in [6, 6.07) is 4.27. The highest BCUT2D eigenvalue weighted by molar-refractivity contribution is 7.09. The smallest absolute Gasteiger partial charge is 0.245 e. The molecule has 0 radical (unpaired) electrons. The Morgan fingerprint density at radius 2 is 2.12 bits per heavy atom. The molecule has 2 aromatic heterocycles. The maximum Gasteiger partial charge on any atom is 0.245 e. The molecule has 0 bridgehead atoms. The molecule has 7 heteroatoms. The van der Waals surface area contributed by atoms with Crippen molar-refractivity contribution in [3.05, 3.63) is 22.4 Å². The molecule has 2 aliphatic rings. The number of rotatable bonds is 5. The molecule has 6 nitrogen and oxygen atoms in total. The van der Waals surface area contributed by atoms with Crippen molar-refractivity contribution in [1.29, 1.82) is 0 Å². The van der Waals surface area contributed by atoms with Gasteiger partial charge in [-0.25, -0.2) is 4.68 Å². The molecule has 2 aromatic rings. The molecule has 0 aliphatic carbocycles. The van der Waals surface area contributed by atoms with E-state index in [9.17, 15) is 0 Å². The van der Waals surface area contributed by atoms with E-state index in [0.717, 1.165) is 38.6 Å². The van der Waals surface area contributed by atoms with Gasteiger partial charge in [0.25, 0.3) is 0 Å². The molecule has 0 saturated carbocycles. The molecule has 0 aromatic carbocycles. The fourth-order valence-corrected chi connectivity index (χ4v) is 4.55. The molecule has 0 amide bonds. The lowest BCUT2D eigenvalue weighted by Gasteiger charge is -2.37. The van der Waals surface area contributed by atoms with Crippen molar-refractivity contribution >= 4 is 17.3 Å². The zero-order chi connectivity index (χ0) is 16.2. The average Bonchev–Trinajstić information content (AvgIpc) is 3.32. The van der Waals surface area contributed by atoms with Crippen LogP contribution in [0.1, 0.15) is 37.0 Å².